The maximum absolute atomic E-state index is 13.6. The summed E-state index contributed by atoms with van der Waals surface area (Å²) in [4.78, 5) is 26.5. The van der Waals surface area contributed by atoms with Gasteiger partial charge in [0.1, 0.15) is 11.1 Å². The number of alkyl halides is 3. The summed E-state index contributed by atoms with van der Waals surface area (Å²) in [6.07, 6.45) is 0.619. The normalized spacial score (nSPS) is 17.6. The SMILES string of the molecule is O=c1ncccc2c(-c3nc(N[C@H]4CCCNC4)ncc3C(F)(F)F)c[nH]c12. The average Bonchev–Trinajstić information content (AvgIpc) is 3.00. The number of rotatable bonds is 3. The Morgan fingerprint density at radius 1 is 1.25 bits per heavy atom. The van der Waals surface area contributed by atoms with Crippen LogP contribution in [0.5, 0.6) is 0 Å². The van der Waals surface area contributed by atoms with Crippen LogP contribution in [0.15, 0.2) is 35.5 Å². The summed E-state index contributed by atoms with van der Waals surface area (Å²) in [5.41, 5.74) is -1.51. The number of halogens is 3. The van der Waals surface area contributed by atoms with E-state index in [0.717, 1.165) is 25.6 Å². The van der Waals surface area contributed by atoms with Crippen molar-refractivity contribution >= 4 is 16.9 Å². The monoisotopic (exact) mass is 390 g/mol. The second-order valence-corrected chi connectivity index (χ2v) is 6.57. The maximum Gasteiger partial charge on any atom is 0.419 e. The fourth-order valence-corrected chi connectivity index (χ4v) is 3.32. The van der Waals surface area contributed by atoms with E-state index in [9.17, 15) is 18.0 Å². The lowest BCUT2D eigenvalue weighted by Crippen LogP contribution is -2.38. The summed E-state index contributed by atoms with van der Waals surface area (Å²) in [5.74, 6) is 0.117. The summed E-state index contributed by atoms with van der Waals surface area (Å²) in [5, 5.41) is 6.63. The van der Waals surface area contributed by atoms with E-state index < -0.39 is 17.3 Å². The molecule has 1 saturated heterocycles. The Balaban J connectivity index is 1.84. The topological polar surface area (TPSA) is 95.6 Å². The minimum Gasteiger partial charge on any atom is -0.356 e. The first kappa shape index (κ1) is 18.4. The standard InChI is InChI=1S/C18H17F3N6O/c19-18(20,21)13-9-25-17(26-10-3-1-5-22-7-10)27-14(13)12-8-24-15-11(12)4-2-6-23-16(15)28/h2,4,6,8-10,22,24H,1,3,5,7H2,(H,25,26,27)/t10-/m0/s1. The van der Waals surface area contributed by atoms with Gasteiger partial charge in [-0.3, -0.25) is 4.79 Å². The van der Waals surface area contributed by atoms with Gasteiger partial charge in [0.15, 0.2) is 0 Å². The van der Waals surface area contributed by atoms with Crippen LogP contribution in [-0.4, -0.2) is 39.1 Å². The molecule has 1 fully saturated rings. The quantitative estimate of drug-likeness (QED) is 0.636. The van der Waals surface area contributed by atoms with Crippen molar-refractivity contribution in [3.8, 4) is 11.3 Å². The zero-order valence-corrected chi connectivity index (χ0v) is 14.7. The molecule has 0 radical (unpaired) electrons. The lowest BCUT2D eigenvalue weighted by atomic mass is 10.1. The molecule has 146 valence electrons. The van der Waals surface area contributed by atoms with Crippen molar-refractivity contribution in [2.75, 3.05) is 18.4 Å². The first-order chi connectivity index (χ1) is 13.4. The van der Waals surface area contributed by atoms with Crippen molar-refractivity contribution in [3.63, 3.8) is 0 Å². The smallest absolute Gasteiger partial charge is 0.356 e. The molecule has 3 aromatic rings. The van der Waals surface area contributed by atoms with Gasteiger partial charge in [-0.1, -0.05) is 6.07 Å². The molecule has 3 aromatic heterocycles. The van der Waals surface area contributed by atoms with Crippen LogP contribution in [-0.2, 0) is 6.18 Å². The number of hydrogen-bond acceptors (Lipinski definition) is 6. The number of fused-ring (bicyclic) bond motifs is 1. The van der Waals surface area contributed by atoms with Crippen molar-refractivity contribution in [3.05, 3.63) is 46.6 Å². The summed E-state index contributed by atoms with van der Waals surface area (Å²) in [6, 6.07) is 3.08. The van der Waals surface area contributed by atoms with Gasteiger partial charge in [-0.15, -0.1) is 0 Å². The number of piperidine rings is 1. The minimum absolute atomic E-state index is 0.0385. The Labute approximate surface area is 157 Å². The van der Waals surface area contributed by atoms with Gasteiger partial charge >= 0.3 is 6.18 Å². The fraction of sp³-hybridized carbons (Fsp3) is 0.333. The van der Waals surface area contributed by atoms with E-state index in [1.165, 1.54) is 24.5 Å². The molecule has 4 rings (SSSR count). The van der Waals surface area contributed by atoms with E-state index in [1.807, 2.05) is 0 Å². The molecule has 1 aliphatic heterocycles. The molecule has 7 nitrogen and oxygen atoms in total. The number of nitrogens with one attached hydrogen (secondary N) is 3. The number of aromatic nitrogens is 4. The molecule has 3 N–H and O–H groups in total. The zero-order valence-electron chi connectivity index (χ0n) is 14.7. The van der Waals surface area contributed by atoms with Gasteiger partial charge in [-0.2, -0.15) is 13.2 Å². The van der Waals surface area contributed by atoms with Gasteiger partial charge in [0.05, 0.1) is 5.69 Å². The molecule has 0 spiro atoms. The highest BCUT2D eigenvalue weighted by Gasteiger charge is 2.36. The third kappa shape index (κ3) is 3.55. The number of anilines is 1. The summed E-state index contributed by atoms with van der Waals surface area (Å²) in [6.45, 7) is 1.60. The first-order valence-electron chi connectivity index (χ1n) is 8.82. The van der Waals surface area contributed by atoms with E-state index >= 15 is 0 Å². The highest BCUT2D eigenvalue weighted by atomic mass is 19.4. The van der Waals surface area contributed by atoms with Crippen LogP contribution in [0.2, 0.25) is 0 Å². The van der Waals surface area contributed by atoms with Crippen LogP contribution < -0.4 is 16.2 Å². The molecular weight excluding hydrogens is 373 g/mol. The van der Waals surface area contributed by atoms with E-state index in [-0.39, 0.29) is 28.8 Å². The Morgan fingerprint density at radius 3 is 2.86 bits per heavy atom. The zero-order chi connectivity index (χ0) is 19.7. The first-order valence-corrected chi connectivity index (χ1v) is 8.82. The molecule has 0 aliphatic carbocycles. The lowest BCUT2D eigenvalue weighted by Gasteiger charge is -2.24. The van der Waals surface area contributed by atoms with Gasteiger partial charge < -0.3 is 15.6 Å². The van der Waals surface area contributed by atoms with Gasteiger partial charge in [0, 0.05) is 42.1 Å². The second kappa shape index (κ2) is 7.19. The summed E-state index contributed by atoms with van der Waals surface area (Å²) < 4.78 is 40.8. The molecule has 0 amide bonds. The van der Waals surface area contributed by atoms with E-state index in [2.05, 4.69) is 30.6 Å². The number of nitrogens with zero attached hydrogens (tertiary/aromatic N) is 3. The predicted octanol–water partition coefficient (Wildman–Crippen LogP) is 2.56. The molecular formula is C18H17F3N6O. The van der Waals surface area contributed by atoms with Gasteiger partial charge in [-0.25, -0.2) is 15.0 Å². The number of H-pyrrole nitrogens is 1. The van der Waals surface area contributed by atoms with Crippen molar-refractivity contribution in [1.82, 2.24) is 25.3 Å². The third-order valence-corrected chi connectivity index (χ3v) is 4.65. The van der Waals surface area contributed by atoms with E-state index in [4.69, 9.17) is 0 Å². The van der Waals surface area contributed by atoms with Crippen molar-refractivity contribution < 1.29 is 13.2 Å². The van der Waals surface area contributed by atoms with Gasteiger partial charge in [0.25, 0.3) is 5.56 Å². The predicted molar refractivity (Wildman–Crippen MR) is 97.9 cm³/mol. The maximum atomic E-state index is 13.6. The Hall–Kier alpha value is -3.01. The average molecular weight is 390 g/mol. The van der Waals surface area contributed by atoms with E-state index in [1.54, 1.807) is 0 Å². The van der Waals surface area contributed by atoms with Gasteiger partial charge in [-0.05, 0) is 25.5 Å². The second-order valence-electron chi connectivity index (χ2n) is 6.57. The molecule has 0 aromatic carbocycles. The van der Waals surface area contributed by atoms with Crippen molar-refractivity contribution in [2.24, 2.45) is 0 Å². The van der Waals surface area contributed by atoms with Crippen LogP contribution >= 0.6 is 0 Å². The van der Waals surface area contributed by atoms with Crippen LogP contribution in [0, 0.1) is 0 Å². The van der Waals surface area contributed by atoms with Crippen molar-refractivity contribution in [2.45, 2.75) is 25.1 Å². The highest BCUT2D eigenvalue weighted by Crippen LogP contribution is 2.38. The number of aromatic amines is 1. The van der Waals surface area contributed by atoms with Crippen LogP contribution in [0.4, 0.5) is 19.1 Å². The highest BCUT2D eigenvalue weighted by molar-refractivity contribution is 5.94. The summed E-state index contributed by atoms with van der Waals surface area (Å²) >= 11 is 0. The molecule has 0 unspecified atom stereocenters. The van der Waals surface area contributed by atoms with E-state index in [0.29, 0.717) is 11.9 Å². The van der Waals surface area contributed by atoms with Crippen LogP contribution in [0.1, 0.15) is 18.4 Å². The molecule has 1 aliphatic rings. The molecule has 0 saturated carbocycles. The van der Waals surface area contributed by atoms with Crippen LogP contribution in [0.3, 0.4) is 0 Å². The number of hydrogen-bond donors (Lipinski definition) is 3. The molecule has 1 atom stereocenters. The Kier molecular flexibility index (Phi) is 4.71. The fourth-order valence-electron chi connectivity index (χ4n) is 3.32. The summed E-state index contributed by atoms with van der Waals surface area (Å²) in [7, 11) is 0. The van der Waals surface area contributed by atoms with Crippen molar-refractivity contribution in [1.29, 1.82) is 0 Å². The molecule has 10 heteroatoms. The Morgan fingerprint density at radius 2 is 2.11 bits per heavy atom. The van der Waals surface area contributed by atoms with Crippen LogP contribution in [0.25, 0.3) is 22.2 Å². The van der Waals surface area contributed by atoms with Gasteiger partial charge in [0.2, 0.25) is 5.95 Å². The molecule has 28 heavy (non-hydrogen) atoms. The Bertz CT molecular complexity index is 1060. The minimum atomic E-state index is -4.64. The molecule has 0 bridgehead atoms. The molecule has 4 heterocycles. The lowest BCUT2D eigenvalue weighted by molar-refractivity contribution is -0.137. The third-order valence-electron chi connectivity index (χ3n) is 4.65. The largest absolute Gasteiger partial charge is 0.419 e.